The van der Waals surface area contributed by atoms with Crippen molar-refractivity contribution in [1.29, 1.82) is 0 Å². The predicted molar refractivity (Wildman–Crippen MR) is 71.7 cm³/mol. The summed E-state index contributed by atoms with van der Waals surface area (Å²) in [5, 5.41) is 3.67. The van der Waals surface area contributed by atoms with Crippen molar-refractivity contribution in [3.8, 4) is 0 Å². The molecule has 0 bridgehead atoms. The summed E-state index contributed by atoms with van der Waals surface area (Å²) >= 11 is 0. The van der Waals surface area contributed by atoms with Crippen LogP contribution in [0.2, 0.25) is 0 Å². The average molecular weight is 226 g/mol. The van der Waals surface area contributed by atoms with Gasteiger partial charge in [0, 0.05) is 12.6 Å². The van der Waals surface area contributed by atoms with Gasteiger partial charge in [-0.05, 0) is 57.7 Å². The summed E-state index contributed by atoms with van der Waals surface area (Å²) < 4.78 is 0. The van der Waals surface area contributed by atoms with Gasteiger partial charge in [0.15, 0.2) is 0 Å². The molecular weight excluding hydrogens is 196 g/mol. The largest absolute Gasteiger partial charge is 0.314 e. The molecule has 0 aromatic rings. The van der Waals surface area contributed by atoms with E-state index in [4.69, 9.17) is 0 Å². The predicted octanol–water partition coefficient (Wildman–Crippen LogP) is 2.60. The Morgan fingerprint density at radius 1 is 1.25 bits per heavy atom. The summed E-state index contributed by atoms with van der Waals surface area (Å²) in [5.74, 6) is 2.64. The van der Waals surface area contributed by atoms with Gasteiger partial charge in [-0.2, -0.15) is 0 Å². The fourth-order valence-electron chi connectivity index (χ4n) is 3.11. The van der Waals surface area contributed by atoms with Gasteiger partial charge in [0.1, 0.15) is 0 Å². The van der Waals surface area contributed by atoms with Crippen LogP contribution in [0.5, 0.6) is 0 Å². The number of rotatable bonds is 5. The third-order valence-electron chi connectivity index (χ3n) is 4.03. The maximum Gasteiger partial charge on any atom is 0.0108 e. The minimum atomic E-state index is 0.752. The normalized spacial score (nSPS) is 31.3. The van der Waals surface area contributed by atoms with Crippen molar-refractivity contribution in [2.75, 3.05) is 27.2 Å². The van der Waals surface area contributed by atoms with Crippen LogP contribution in [-0.2, 0) is 0 Å². The van der Waals surface area contributed by atoms with Crippen molar-refractivity contribution in [2.24, 2.45) is 17.8 Å². The van der Waals surface area contributed by atoms with E-state index in [2.05, 4.69) is 45.1 Å². The standard InChI is InChI=1S/C14H30N2/c1-6-15-14-8-7-12(11(2)3)9-13(14)10-16(4)5/h11-15H,6-10H2,1-5H3. The van der Waals surface area contributed by atoms with Crippen molar-refractivity contribution in [3.05, 3.63) is 0 Å². The van der Waals surface area contributed by atoms with Gasteiger partial charge in [-0.3, -0.25) is 0 Å². The Bertz CT molecular complexity index is 189. The molecule has 0 heterocycles. The highest BCUT2D eigenvalue weighted by molar-refractivity contribution is 4.86. The van der Waals surface area contributed by atoms with Crippen molar-refractivity contribution in [3.63, 3.8) is 0 Å². The molecule has 1 rings (SSSR count). The lowest BCUT2D eigenvalue weighted by molar-refractivity contribution is 0.142. The van der Waals surface area contributed by atoms with E-state index in [1.165, 1.54) is 25.8 Å². The summed E-state index contributed by atoms with van der Waals surface area (Å²) in [6.07, 6.45) is 4.20. The zero-order valence-corrected chi connectivity index (χ0v) is 11.8. The van der Waals surface area contributed by atoms with Crippen LogP contribution in [0.1, 0.15) is 40.0 Å². The molecule has 0 amide bonds. The molecule has 0 aromatic heterocycles. The molecule has 16 heavy (non-hydrogen) atoms. The number of nitrogens with one attached hydrogen (secondary N) is 1. The Balaban J connectivity index is 2.54. The molecule has 1 N–H and O–H groups in total. The minimum absolute atomic E-state index is 0.752. The van der Waals surface area contributed by atoms with Gasteiger partial charge in [-0.25, -0.2) is 0 Å². The summed E-state index contributed by atoms with van der Waals surface area (Å²) in [7, 11) is 4.39. The molecule has 1 aliphatic carbocycles. The van der Waals surface area contributed by atoms with E-state index in [1.807, 2.05) is 0 Å². The van der Waals surface area contributed by atoms with Gasteiger partial charge in [-0.15, -0.1) is 0 Å². The van der Waals surface area contributed by atoms with Gasteiger partial charge in [0.25, 0.3) is 0 Å². The van der Waals surface area contributed by atoms with E-state index in [9.17, 15) is 0 Å². The third-order valence-corrected chi connectivity index (χ3v) is 4.03. The molecule has 3 atom stereocenters. The van der Waals surface area contributed by atoms with Gasteiger partial charge < -0.3 is 10.2 Å². The summed E-state index contributed by atoms with van der Waals surface area (Å²) in [6, 6.07) is 0.752. The van der Waals surface area contributed by atoms with Gasteiger partial charge >= 0.3 is 0 Å². The first-order chi connectivity index (χ1) is 7.54. The average Bonchev–Trinajstić information content (AvgIpc) is 2.19. The number of hydrogen-bond acceptors (Lipinski definition) is 2. The SMILES string of the molecule is CCNC1CCC(C(C)C)CC1CN(C)C. The van der Waals surface area contributed by atoms with Gasteiger partial charge in [0.05, 0.1) is 0 Å². The Hall–Kier alpha value is -0.0800. The Morgan fingerprint density at radius 2 is 1.94 bits per heavy atom. The van der Waals surface area contributed by atoms with E-state index in [1.54, 1.807) is 0 Å². The molecule has 2 nitrogen and oxygen atoms in total. The molecule has 0 saturated heterocycles. The molecule has 3 unspecified atom stereocenters. The third kappa shape index (κ3) is 4.06. The first-order valence-electron chi connectivity index (χ1n) is 6.92. The molecular formula is C14H30N2. The molecule has 0 spiro atoms. The highest BCUT2D eigenvalue weighted by Gasteiger charge is 2.31. The second-order valence-electron chi connectivity index (χ2n) is 6.00. The lowest BCUT2D eigenvalue weighted by atomic mass is 9.73. The van der Waals surface area contributed by atoms with Crippen LogP contribution in [0.15, 0.2) is 0 Å². The van der Waals surface area contributed by atoms with E-state index >= 15 is 0 Å². The molecule has 96 valence electrons. The fraction of sp³-hybridized carbons (Fsp3) is 1.00. The molecule has 2 heteroatoms. The Labute approximate surface area is 102 Å². The summed E-state index contributed by atoms with van der Waals surface area (Å²) in [5.41, 5.74) is 0. The highest BCUT2D eigenvalue weighted by atomic mass is 15.1. The first-order valence-corrected chi connectivity index (χ1v) is 6.92. The van der Waals surface area contributed by atoms with Gasteiger partial charge in [-0.1, -0.05) is 20.8 Å². The Kier molecular flexibility index (Phi) is 5.77. The minimum Gasteiger partial charge on any atom is -0.314 e. The number of hydrogen-bond donors (Lipinski definition) is 1. The molecule has 1 saturated carbocycles. The second-order valence-corrected chi connectivity index (χ2v) is 6.00. The van der Waals surface area contributed by atoms with Gasteiger partial charge in [0.2, 0.25) is 0 Å². The maximum atomic E-state index is 3.67. The molecule has 0 radical (unpaired) electrons. The van der Waals surface area contributed by atoms with E-state index < -0.39 is 0 Å². The molecule has 1 aliphatic rings. The van der Waals surface area contributed by atoms with Crippen LogP contribution < -0.4 is 5.32 Å². The zero-order valence-electron chi connectivity index (χ0n) is 11.8. The summed E-state index contributed by atoms with van der Waals surface area (Å²) in [6.45, 7) is 9.33. The first kappa shape index (κ1) is 14.0. The maximum absolute atomic E-state index is 3.67. The fourth-order valence-corrected chi connectivity index (χ4v) is 3.11. The van der Waals surface area contributed by atoms with Crippen LogP contribution in [0.25, 0.3) is 0 Å². The Morgan fingerprint density at radius 3 is 2.44 bits per heavy atom. The highest BCUT2D eigenvalue weighted by Crippen LogP contribution is 2.34. The van der Waals surface area contributed by atoms with Crippen LogP contribution in [0.3, 0.4) is 0 Å². The van der Waals surface area contributed by atoms with E-state index in [0.717, 1.165) is 30.3 Å². The summed E-state index contributed by atoms with van der Waals surface area (Å²) in [4.78, 5) is 2.34. The van der Waals surface area contributed by atoms with Crippen molar-refractivity contribution < 1.29 is 0 Å². The van der Waals surface area contributed by atoms with E-state index in [0.29, 0.717) is 0 Å². The van der Waals surface area contributed by atoms with Crippen LogP contribution in [-0.4, -0.2) is 38.1 Å². The van der Waals surface area contributed by atoms with Crippen molar-refractivity contribution >= 4 is 0 Å². The molecule has 0 aliphatic heterocycles. The molecule has 1 fully saturated rings. The second kappa shape index (κ2) is 6.61. The smallest absolute Gasteiger partial charge is 0.0108 e. The van der Waals surface area contributed by atoms with Crippen LogP contribution in [0.4, 0.5) is 0 Å². The van der Waals surface area contributed by atoms with Crippen LogP contribution >= 0.6 is 0 Å². The lowest BCUT2D eigenvalue weighted by Gasteiger charge is -2.39. The lowest BCUT2D eigenvalue weighted by Crippen LogP contribution is -2.45. The van der Waals surface area contributed by atoms with Crippen LogP contribution in [0, 0.1) is 17.8 Å². The monoisotopic (exact) mass is 226 g/mol. The quantitative estimate of drug-likeness (QED) is 0.775. The zero-order chi connectivity index (χ0) is 12.1. The van der Waals surface area contributed by atoms with Crippen molar-refractivity contribution in [1.82, 2.24) is 10.2 Å². The van der Waals surface area contributed by atoms with Crippen molar-refractivity contribution in [2.45, 2.75) is 46.1 Å². The van der Waals surface area contributed by atoms with E-state index in [-0.39, 0.29) is 0 Å². The molecule has 0 aromatic carbocycles. The number of nitrogens with zero attached hydrogens (tertiary/aromatic N) is 1. The topological polar surface area (TPSA) is 15.3 Å².